The first kappa shape index (κ1) is 12.4. The maximum absolute atomic E-state index is 5.91. The van der Waals surface area contributed by atoms with Crippen molar-refractivity contribution in [2.45, 2.75) is 46.1 Å². The molecule has 17 heavy (non-hydrogen) atoms. The van der Waals surface area contributed by atoms with Crippen LogP contribution in [-0.2, 0) is 5.41 Å². The van der Waals surface area contributed by atoms with Crippen molar-refractivity contribution < 1.29 is 4.74 Å². The second-order valence-corrected chi connectivity index (χ2v) is 5.90. The molecule has 2 nitrogen and oxygen atoms in total. The fourth-order valence-electron chi connectivity index (χ4n) is 2.45. The second-order valence-electron chi connectivity index (χ2n) is 5.90. The highest BCUT2D eigenvalue weighted by molar-refractivity contribution is 5.51. The third-order valence-electron chi connectivity index (χ3n) is 3.29. The number of benzene rings is 1. The van der Waals surface area contributed by atoms with E-state index in [1.807, 2.05) is 0 Å². The Kier molecular flexibility index (Phi) is 3.17. The first-order valence-corrected chi connectivity index (χ1v) is 6.44. The van der Waals surface area contributed by atoms with Crippen molar-refractivity contribution in [3.8, 4) is 5.75 Å². The summed E-state index contributed by atoms with van der Waals surface area (Å²) >= 11 is 0. The second kappa shape index (κ2) is 4.34. The lowest BCUT2D eigenvalue weighted by atomic mass is 9.84. The average molecular weight is 233 g/mol. The van der Waals surface area contributed by atoms with Crippen molar-refractivity contribution >= 4 is 0 Å². The van der Waals surface area contributed by atoms with Crippen LogP contribution >= 0.6 is 0 Å². The number of nitrogens with one attached hydrogen (secondary N) is 1. The van der Waals surface area contributed by atoms with E-state index >= 15 is 0 Å². The van der Waals surface area contributed by atoms with Crippen molar-refractivity contribution in [2.24, 2.45) is 0 Å². The summed E-state index contributed by atoms with van der Waals surface area (Å²) in [5.74, 6) is 1.11. The standard InChI is InChI=1S/C15H23NO/c1-6-16-13-9-17-14-11(13)7-10(2)8-12(14)15(3,4)5/h7-8,13,16H,6,9H2,1-5H3. The van der Waals surface area contributed by atoms with Gasteiger partial charge in [0.15, 0.2) is 0 Å². The highest BCUT2D eigenvalue weighted by atomic mass is 16.5. The van der Waals surface area contributed by atoms with Crippen molar-refractivity contribution in [1.82, 2.24) is 5.32 Å². The van der Waals surface area contributed by atoms with Crippen LogP contribution in [0.25, 0.3) is 0 Å². The number of ether oxygens (including phenoxy) is 1. The molecule has 1 unspecified atom stereocenters. The first-order valence-electron chi connectivity index (χ1n) is 6.44. The molecule has 1 aromatic rings. The lowest BCUT2D eigenvalue weighted by Crippen LogP contribution is -2.21. The molecule has 0 spiro atoms. The minimum atomic E-state index is 0.136. The Morgan fingerprint density at radius 2 is 2.06 bits per heavy atom. The average Bonchev–Trinajstić information content (AvgIpc) is 2.60. The molecule has 94 valence electrons. The van der Waals surface area contributed by atoms with Crippen LogP contribution in [0.1, 0.15) is 50.4 Å². The number of likely N-dealkylation sites (N-methyl/N-ethyl adjacent to an activating group) is 1. The molecular weight excluding hydrogens is 210 g/mol. The normalized spacial score (nSPS) is 19.0. The van der Waals surface area contributed by atoms with Gasteiger partial charge in [-0.3, -0.25) is 0 Å². The van der Waals surface area contributed by atoms with E-state index in [4.69, 9.17) is 4.74 Å². The third kappa shape index (κ3) is 2.32. The summed E-state index contributed by atoms with van der Waals surface area (Å²) in [7, 11) is 0. The van der Waals surface area contributed by atoms with Crippen LogP contribution in [-0.4, -0.2) is 13.2 Å². The lowest BCUT2D eigenvalue weighted by molar-refractivity contribution is 0.307. The smallest absolute Gasteiger partial charge is 0.128 e. The minimum absolute atomic E-state index is 0.136. The number of hydrogen-bond donors (Lipinski definition) is 1. The van der Waals surface area contributed by atoms with E-state index < -0.39 is 0 Å². The molecule has 0 aromatic heterocycles. The van der Waals surface area contributed by atoms with Gasteiger partial charge in [0, 0.05) is 11.1 Å². The zero-order chi connectivity index (χ0) is 12.6. The van der Waals surface area contributed by atoms with Gasteiger partial charge in [0.25, 0.3) is 0 Å². The monoisotopic (exact) mass is 233 g/mol. The van der Waals surface area contributed by atoms with Gasteiger partial charge < -0.3 is 10.1 Å². The fraction of sp³-hybridized carbons (Fsp3) is 0.600. The van der Waals surface area contributed by atoms with Gasteiger partial charge in [0.1, 0.15) is 12.4 Å². The van der Waals surface area contributed by atoms with Gasteiger partial charge >= 0.3 is 0 Å². The molecule has 0 saturated carbocycles. The van der Waals surface area contributed by atoms with Crippen LogP contribution in [0.4, 0.5) is 0 Å². The summed E-state index contributed by atoms with van der Waals surface area (Å²) in [6.45, 7) is 12.8. The number of rotatable bonds is 2. The summed E-state index contributed by atoms with van der Waals surface area (Å²) in [4.78, 5) is 0. The fourth-order valence-corrected chi connectivity index (χ4v) is 2.45. The van der Waals surface area contributed by atoms with E-state index in [2.05, 4.69) is 52.1 Å². The summed E-state index contributed by atoms with van der Waals surface area (Å²) in [6.07, 6.45) is 0. The van der Waals surface area contributed by atoms with Crippen LogP contribution < -0.4 is 10.1 Å². The maximum Gasteiger partial charge on any atom is 0.128 e. The Labute approximate surface area is 104 Å². The van der Waals surface area contributed by atoms with E-state index in [-0.39, 0.29) is 5.41 Å². The molecule has 0 fully saturated rings. The maximum atomic E-state index is 5.91. The van der Waals surface area contributed by atoms with E-state index in [9.17, 15) is 0 Å². The molecule has 2 rings (SSSR count). The largest absolute Gasteiger partial charge is 0.491 e. The number of aryl methyl sites for hydroxylation is 1. The Bertz CT molecular complexity index is 418. The summed E-state index contributed by atoms with van der Waals surface area (Å²) < 4.78 is 5.91. The minimum Gasteiger partial charge on any atom is -0.491 e. The summed E-state index contributed by atoms with van der Waals surface area (Å²) in [6, 6.07) is 4.87. The molecule has 0 saturated heterocycles. The molecule has 2 heteroatoms. The highest BCUT2D eigenvalue weighted by Gasteiger charge is 2.30. The van der Waals surface area contributed by atoms with Gasteiger partial charge in [0.2, 0.25) is 0 Å². The molecule has 0 amide bonds. The molecular formula is C15H23NO. The zero-order valence-corrected chi connectivity index (χ0v) is 11.6. The zero-order valence-electron chi connectivity index (χ0n) is 11.6. The summed E-state index contributed by atoms with van der Waals surface area (Å²) in [5.41, 5.74) is 4.11. The predicted octanol–water partition coefficient (Wildman–Crippen LogP) is 3.34. The van der Waals surface area contributed by atoms with E-state index in [0.29, 0.717) is 6.04 Å². The topological polar surface area (TPSA) is 21.3 Å². The molecule has 0 bridgehead atoms. The molecule has 1 heterocycles. The van der Waals surface area contributed by atoms with Crippen LogP contribution in [0.15, 0.2) is 12.1 Å². The van der Waals surface area contributed by atoms with E-state index in [1.54, 1.807) is 0 Å². The van der Waals surface area contributed by atoms with E-state index in [1.165, 1.54) is 16.7 Å². The van der Waals surface area contributed by atoms with Crippen molar-refractivity contribution in [3.63, 3.8) is 0 Å². The predicted molar refractivity (Wildman–Crippen MR) is 71.8 cm³/mol. The van der Waals surface area contributed by atoms with E-state index in [0.717, 1.165) is 18.9 Å². The van der Waals surface area contributed by atoms with Gasteiger partial charge in [-0.1, -0.05) is 45.4 Å². The Morgan fingerprint density at radius 3 is 2.65 bits per heavy atom. The SMILES string of the molecule is CCNC1COc2c1cc(C)cc2C(C)(C)C. The van der Waals surface area contributed by atoms with Gasteiger partial charge in [-0.2, -0.15) is 0 Å². The summed E-state index contributed by atoms with van der Waals surface area (Å²) in [5, 5.41) is 3.48. The van der Waals surface area contributed by atoms with Crippen LogP contribution in [0, 0.1) is 6.92 Å². The molecule has 0 radical (unpaired) electrons. The van der Waals surface area contributed by atoms with Gasteiger partial charge in [-0.25, -0.2) is 0 Å². The molecule has 1 aliphatic rings. The quantitative estimate of drug-likeness (QED) is 0.846. The number of fused-ring (bicyclic) bond motifs is 1. The molecule has 1 atom stereocenters. The van der Waals surface area contributed by atoms with Crippen molar-refractivity contribution in [1.29, 1.82) is 0 Å². The molecule has 1 N–H and O–H groups in total. The lowest BCUT2D eigenvalue weighted by Gasteiger charge is -2.22. The highest BCUT2D eigenvalue weighted by Crippen LogP contribution is 2.41. The van der Waals surface area contributed by atoms with Crippen molar-refractivity contribution in [3.05, 3.63) is 28.8 Å². The van der Waals surface area contributed by atoms with Crippen LogP contribution in [0.5, 0.6) is 5.75 Å². The van der Waals surface area contributed by atoms with Crippen molar-refractivity contribution in [2.75, 3.05) is 13.2 Å². The third-order valence-corrected chi connectivity index (χ3v) is 3.29. The van der Waals surface area contributed by atoms with Crippen LogP contribution in [0.3, 0.4) is 0 Å². The Morgan fingerprint density at radius 1 is 1.35 bits per heavy atom. The van der Waals surface area contributed by atoms with Crippen LogP contribution in [0.2, 0.25) is 0 Å². The van der Waals surface area contributed by atoms with Gasteiger partial charge in [0.05, 0.1) is 6.04 Å². The molecule has 1 aromatic carbocycles. The number of hydrogen-bond acceptors (Lipinski definition) is 2. The molecule has 0 aliphatic carbocycles. The Balaban J connectivity index is 2.49. The first-order chi connectivity index (χ1) is 7.93. The Hall–Kier alpha value is -1.02. The van der Waals surface area contributed by atoms with Gasteiger partial charge in [-0.15, -0.1) is 0 Å². The molecule has 1 aliphatic heterocycles. The van der Waals surface area contributed by atoms with Gasteiger partial charge in [-0.05, 0) is 18.9 Å².